The zero-order valence-electron chi connectivity index (χ0n) is 16.3. The van der Waals surface area contributed by atoms with Gasteiger partial charge in [0.25, 0.3) is 5.91 Å². The lowest BCUT2D eigenvalue weighted by Crippen LogP contribution is -2.26. The number of amides is 1. The summed E-state index contributed by atoms with van der Waals surface area (Å²) in [6.07, 6.45) is 0.142. The van der Waals surface area contributed by atoms with E-state index >= 15 is 0 Å². The van der Waals surface area contributed by atoms with E-state index in [1.807, 2.05) is 36.4 Å². The Morgan fingerprint density at radius 1 is 0.903 bits per heavy atom. The lowest BCUT2D eigenvalue weighted by Gasteiger charge is -2.32. The fourth-order valence-corrected chi connectivity index (χ4v) is 4.89. The molecule has 158 valence electrons. The number of rotatable bonds is 6. The summed E-state index contributed by atoms with van der Waals surface area (Å²) in [6, 6.07) is 20.8. The van der Waals surface area contributed by atoms with Crippen LogP contribution in [-0.2, 0) is 14.3 Å². The van der Waals surface area contributed by atoms with Gasteiger partial charge in [0.15, 0.2) is 6.61 Å². The van der Waals surface area contributed by atoms with E-state index in [1.54, 1.807) is 30.0 Å². The van der Waals surface area contributed by atoms with Gasteiger partial charge < -0.3 is 15.0 Å². The van der Waals surface area contributed by atoms with Crippen LogP contribution in [0.1, 0.15) is 6.42 Å². The highest BCUT2D eigenvalue weighted by Gasteiger charge is 2.23. The van der Waals surface area contributed by atoms with Gasteiger partial charge >= 0.3 is 5.97 Å². The third-order valence-electron chi connectivity index (χ3n) is 4.58. The Hall–Kier alpha value is -2.67. The summed E-state index contributed by atoms with van der Waals surface area (Å²) in [6.45, 7) is 0.0604. The predicted octanol–water partition coefficient (Wildman–Crippen LogP) is 6.17. The van der Waals surface area contributed by atoms with Gasteiger partial charge in [-0.15, -0.1) is 0 Å². The van der Waals surface area contributed by atoms with Gasteiger partial charge in [0.05, 0.1) is 17.8 Å². The second kappa shape index (κ2) is 9.64. The third-order valence-corrected chi connectivity index (χ3v) is 6.15. The SMILES string of the molecule is O=C(COC(=O)CCN1c2ccccc2Sc2ccccc21)Nc1cc(Cl)cc(Cl)c1. The zero-order valence-corrected chi connectivity index (χ0v) is 18.6. The van der Waals surface area contributed by atoms with Crippen molar-refractivity contribution in [1.82, 2.24) is 0 Å². The standard InChI is InChI=1S/C23H18Cl2N2O3S/c24-15-11-16(25)13-17(12-15)26-22(28)14-30-23(29)9-10-27-18-5-1-3-7-20(18)31-21-8-4-2-6-19(21)27/h1-8,11-13H,9-10,14H2,(H,26,28). The number of carbonyl (C=O) groups is 2. The molecule has 3 aromatic carbocycles. The molecule has 0 aliphatic carbocycles. The Morgan fingerprint density at radius 2 is 1.48 bits per heavy atom. The first kappa shape index (κ1) is 21.6. The van der Waals surface area contributed by atoms with Crippen molar-refractivity contribution in [3.63, 3.8) is 0 Å². The van der Waals surface area contributed by atoms with Crippen molar-refractivity contribution in [2.45, 2.75) is 16.2 Å². The number of nitrogens with zero attached hydrogens (tertiary/aromatic N) is 1. The number of para-hydroxylation sites is 2. The maximum atomic E-state index is 12.3. The molecule has 1 aliphatic heterocycles. The van der Waals surface area contributed by atoms with Crippen molar-refractivity contribution in [2.24, 2.45) is 0 Å². The molecule has 1 heterocycles. The number of nitrogens with one attached hydrogen (secondary N) is 1. The summed E-state index contributed by atoms with van der Waals surface area (Å²) >= 11 is 13.5. The molecule has 0 saturated carbocycles. The second-order valence-electron chi connectivity index (χ2n) is 6.81. The van der Waals surface area contributed by atoms with E-state index in [0.717, 1.165) is 21.2 Å². The Kier molecular flexibility index (Phi) is 6.70. The normalized spacial score (nSPS) is 12.0. The van der Waals surface area contributed by atoms with Crippen LogP contribution in [0.5, 0.6) is 0 Å². The number of hydrogen-bond acceptors (Lipinski definition) is 5. The molecule has 1 N–H and O–H groups in total. The van der Waals surface area contributed by atoms with Crippen LogP contribution < -0.4 is 10.2 Å². The average molecular weight is 473 g/mol. The molecular weight excluding hydrogens is 455 g/mol. The molecule has 31 heavy (non-hydrogen) atoms. The maximum absolute atomic E-state index is 12.3. The van der Waals surface area contributed by atoms with Gasteiger partial charge in [-0.2, -0.15) is 0 Å². The quantitative estimate of drug-likeness (QED) is 0.434. The molecule has 0 atom stereocenters. The molecule has 0 aromatic heterocycles. The molecule has 0 unspecified atom stereocenters. The zero-order chi connectivity index (χ0) is 21.8. The number of carbonyl (C=O) groups excluding carboxylic acids is 2. The highest BCUT2D eigenvalue weighted by atomic mass is 35.5. The minimum atomic E-state index is -0.461. The molecule has 0 fully saturated rings. The molecule has 0 spiro atoms. The van der Waals surface area contributed by atoms with Gasteiger partial charge in [0.1, 0.15) is 0 Å². The van der Waals surface area contributed by atoms with Gasteiger partial charge in [-0.25, -0.2) is 0 Å². The van der Waals surface area contributed by atoms with Crippen molar-refractivity contribution in [3.8, 4) is 0 Å². The number of esters is 1. The van der Waals surface area contributed by atoms with Crippen molar-refractivity contribution in [2.75, 3.05) is 23.4 Å². The van der Waals surface area contributed by atoms with Gasteiger partial charge in [-0.05, 0) is 42.5 Å². The lowest BCUT2D eigenvalue weighted by atomic mass is 10.2. The fraction of sp³-hybridized carbons (Fsp3) is 0.130. The Morgan fingerprint density at radius 3 is 2.10 bits per heavy atom. The van der Waals surface area contributed by atoms with E-state index in [-0.39, 0.29) is 13.0 Å². The topological polar surface area (TPSA) is 58.6 Å². The Labute approximate surface area is 194 Å². The van der Waals surface area contributed by atoms with E-state index < -0.39 is 11.9 Å². The van der Waals surface area contributed by atoms with Gasteiger partial charge in [0.2, 0.25) is 0 Å². The fourth-order valence-electron chi connectivity index (χ4n) is 3.27. The number of anilines is 3. The van der Waals surface area contributed by atoms with Crippen LogP contribution >= 0.6 is 35.0 Å². The molecule has 8 heteroatoms. The van der Waals surface area contributed by atoms with Gasteiger partial charge in [-0.3, -0.25) is 9.59 Å². The van der Waals surface area contributed by atoms with Crippen LogP contribution in [0.2, 0.25) is 10.0 Å². The second-order valence-corrected chi connectivity index (χ2v) is 8.76. The summed E-state index contributed by atoms with van der Waals surface area (Å²) in [7, 11) is 0. The molecule has 3 aromatic rings. The molecule has 0 bridgehead atoms. The number of ether oxygens (including phenoxy) is 1. The minimum absolute atomic E-state index is 0.142. The molecule has 4 rings (SSSR count). The maximum Gasteiger partial charge on any atom is 0.308 e. The number of benzene rings is 3. The first-order valence-electron chi connectivity index (χ1n) is 9.54. The Balaban J connectivity index is 1.34. The van der Waals surface area contributed by atoms with Crippen LogP contribution in [0.25, 0.3) is 0 Å². The van der Waals surface area contributed by atoms with Crippen LogP contribution in [0.3, 0.4) is 0 Å². The minimum Gasteiger partial charge on any atom is -0.456 e. The first-order chi connectivity index (χ1) is 15.0. The number of fused-ring (bicyclic) bond motifs is 2. The number of hydrogen-bond donors (Lipinski definition) is 1. The highest BCUT2D eigenvalue weighted by Crippen LogP contribution is 2.47. The highest BCUT2D eigenvalue weighted by molar-refractivity contribution is 7.99. The smallest absolute Gasteiger partial charge is 0.308 e. The van der Waals surface area contributed by atoms with E-state index in [4.69, 9.17) is 27.9 Å². The first-order valence-corrected chi connectivity index (χ1v) is 11.1. The van der Waals surface area contributed by atoms with Crippen LogP contribution in [0.4, 0.5) is 17.1 Å². The summed E-state index contributed by atoms with van der Waals surface area (Å²) in [4.78, 5) is 28.8. The van der Waals surface area contributed by atoms with E-state index in [2.05, 4.69) is 22.3 Å². The lowest BCUT2D eigenvalue weighted by molar-refractivity contribution is -0.147. The Bertz CT molecular complexity index is 1070. The van der Waals surface area contributed by atoms with Crippen LogP contribution in [-0.4, -0.2) is 25.0 Å². The van der Waals surface area contributed by atoms with Crippen molar-refractivity contribution >= 4 is 63.9 Å². The third kappa shape index (κ3) is 5.34. The molecule has 0 radical (unpaired) electrons. The molecule has 1 amide bonds. The monoisotopic (exact) mass is 472 g/mol. The predicted molar refractivity (Wildman–Crippen MR) is 125 cm³/mol. The molecule has 0 saturated heterocycles. The van der Waals surface area contributed by atoms with Crippen molar-refractivity contribution in [1.29, 1.82) is 0 Å². The summed E-state index contributed by atoms with van der Waals surface area (Å²) in [5.41, 5.74) is 2.54. The van der Waals surface area contributed by atoms with Crippen molar-refractivity contribution < 1.29 is 14.3 Å². The molecule has 1 aliphatic rings. The van der Waals surface area contributed by atoms with Gasteiger partial charge in [0, 0.05) is 32.1 Å². The van der Waals surface area contributed by atoms with Gasteiger partial charge in [-0.1, -0.05) is 59.2 Å². The average Bonchev–Trinajstić information content (AvgIpc) is 2.74. The van der Waals surface area contributed by atoms with Crippen LogP contribution in [0.15, 0.2) is 76.5 Å². The van der Waals surface area contributed by atoms with E-state index in [0.29, 0.717) is 22.3 Å². The largest absolute Gasteiger partial charge is 0.456 e. The summed E-state index contributed by atoms with van der Waals surface area (Å²) in [5, 5.41) is 3.42. The molecular formula is C23H18Cl2N2O3S. The number of halogens is 2. The van der Waals surface area contributed by atoms with E-state index in [1.165, 1.54) is 0 Å². The summed E-state index contributed by atoms with van der Waals surface area (Å²) in [5.74, 6) is -0.913. The molecule has 5 nitrogen and oxygen atoms in total. The van der Waals surface area contributed by atoms with Crippen LogP contribution in [0, 0.1) is 0 Å². The van der Waals surface area contributed by atoms with Crippen molar-refractivity contribution in [3.05, 3.63) is 76.8 Å². The summed E-state index contributed by atoms with van der Waals surface area (Å²) < 4.78 is 5.15. The van der Waals surface area contributed by atoms with E-state index in [9.17, 15) is 9.59 Å².